The van der Waals surface area contributed by atoms with Crippen LogP contribution in [0.1, 0.15) is 41.4 Å². The topological polar surface area (TPSA) is 75.7 Å². The zero-order valence-electron chi connectivity index (χ0n) is 16.5. The predicted octanol–water partition coefficient (Wildman–Crippen LogP) is 2.88. The van der Waals surface area contributed by atoms with Gasteiger partial charge in [0.1, 0.15) is 6.54 Å². The number of benzene rings is 2. The lowest BCUT2D eigenvalue weighted by molar-refractivity contribution is -0.160. The number of aryl methyl sites for hydroxylation is 1. The summed E-state index contributed by atoms with van der Waals surface area (Å²) >= 11 is 0. The smallest absolute Gasteiger partial charge is 0.326 e. The molecule has 0 aliphatic carbocycles. The van der Waals surface area contributed by atoms with Gasteiger partial charge in [0.05, 0.1) is 0 Å². The molecule has 1 N–H and O–H groups in total. The highest BCUT2D eigenvalue weighted by molar-refractivity contribution is 5.96. The number of rotatable bonds is 8. The van der Waals surface area contributed by atoms with Crippen LogP contribution in [-0.4, -0.2) is 42.3 Å². The molecule has 0 saturated carbocycles. The number of esters is 1. The van der Waals surface area contributed by atoms with E-state index in [-0.39, 0.29) is 18.4 Å². The number of carbonyl (C=O) groups is 3. The van der Waals surface area contributed by atoms with Gasteiger partial charge in [0.2, 0.25) is 6.10 Å². The zero-order valence-corrected chi connectivity index (χ0v) is 16.5. The van der Waals surface area contributed by atoms with E-state index in [1.54, 1.807) is 47.4 Å². The summed E-state index contributed by atoms with van der Waals surface area (Å²) in [6.07, 6.45) is -1.04. The van der Waals surface area contributed by atoms with Crippen LogP contribution in [0, 0.1) is 6.92 Å². The molecule has 6 nitrogen and oxygen atoms in total. The number of nitrogens with one attached hydrogen (secondary N) is 1. The first kappa shape index (κ1) is 21.2. The molecule has 0 radical (unpaired) electrons. The molecule has 2 aromatic carbocycles. The Hall–Kier alpha value is -3.15. The van der Waals surface area contributed by atoms with Crippen molar-refractivity contribution >= 4 is 17.8 Å². The van der Waals surface area contributed by atoms with Crippen LogP contribution in [0.5, 0.6) is 0 Å². The van der Waals surface area contributed by atoms with Crippen molar-refractivity contribution in [1.82, 2.24) is 10.2 Å². The normalized spacial score (nSPS) is 11.4. The molecule has 0 spiro atoms. The van der Waals surface area contributed by atoms with Crippen molar-refractivity contribution in [3.8, 4) is 0 Å². The van der Waals surface area contributed by atoms with E-state index in [1.165, 1.54) is 0 Å². The van der Waals surface area contributed by atoms with E-state index in [4.69, 9.17) is 4.74 Å². The molecule has 0 saturated heterocycles. The Morgan fingerprint density at radius 2 is 1.68 bits per heavy atom. The number of hydrogen-bond donors (Lipinski definition) is 1. The molecule has 148 valence electrons. The molecule has 0 bridgehead atoms. The fourth-order valence-corrected chi connectivity index (χ4v) is 2.80. The minimum atomic E-state index is -1.04. The summed E-state index contributed by atoms with van der Waals surface area (Å²) in [5.41, 5.74) is 2.01. The van der Waals surface area contributed by atoms with Gasteiger partial charge in [0.15, 0.2) is 0 Å². The van der Waals surface area contributed by atoms with E-state index in [1.807, 2.05) is 32.9 Å². The van der Waals surface area contributed by atoms with Crippen molar-refractivity contribution in [3.05, 3.63) is 71.3 Å². The SMILES string of the molecule is CCN(CC)C(=O)[C@@H](OC(=O)CNC(=O)c1cccc(C)c1)c1ccccc1. The number of likely N-dealkylation sites (N-methyl/N-ethyl adjacent to an activating group) is 1. The van der Waals surface area contributed by atoms with Crippen molar-refractivity contribution < 1.29 is 19.1 Å². The van der Waals surface area contributed by atoms with Crippen LogP contribution in [-0.2, 0) is 14.3 Å². The fourth-order valence-electron chi connectivity index (χ4n) is 2.80. The Morgan fingerprint density at radius 3 is 2.29 bits per heavy atom. The van der Waals surface area contributed by atoms with Crippen LogP contribution in [0.3, 0.4) is 0 Å². The number of carbonyl (C=O) groups excluding carboxylic acids is 3. The van der Waals surface area contributed by atoms with Gasteiger partial charge in [-0.05, 0) is 32.9 Å². The summed E-state index contributed by atoms with van der Waals surface area (Å²) in [4.78, 5) is 38.9. The number of ether oxygens (including phenoxy) is 1. The van der Waals surface area contributed by atoms with Gasteiger partial charge in [-0.15, -0.1) is 0 Å². The maximum Gasteiger partial charge on any atom is 0.326 e. The van der Waals surface area contributed by atoms with Gasteiger partial charge < -0.3 is 15.0 Å². The molecule has 0 fully saturated rings. The van der Waals surface area contributed by atoms with E-state index in [9.17, 15) is 14.4 Å². The molecule has 6 heteroatoms. The average molecular weight is 382 g/mol. The summed E-state index contributed by atoms with van der Waals surface area (Å²) in [6.45, 7) is 6.33. The standard InChI is InChI=1S/C22H26N2O4/c1-4-24(5-2)22(27)20(17-11-7-6-8-12-17)28-19(25)15-23-21(26)18-13-9-10-16(3)14-18/h6-14,20H,4-5,15H2,1-3H3,(H,23,26)/t20-/m0/s1. The molecular weight excluding hydrogens is 356 g/mol. The quantitative estimate of drug-likeness (QED) is 0.713. The highest BCUT2D eigenvalue weighted by Crippen LogP contribution is 2.20. The lowest BCUT2D eigenvalue weighted by atomic mass is 10.1. The highest BCUT2D eigenvalue weighted by Gasteiger charge is 2.28. The third-order valence-corrected chi connectivity index (χ3v) is 4.32. The van der Waals surface area contributed by atoms with Crippen LogP contribution >= 0.6 is 0 Å². The maximum absolute atomic E-state index is 12.8. The molecule has 0 unspecified atom stereocenters. The van der Waals surface area contributed by atoms with Crippen molar-refractivity contribution in [2.75, 3.05) is 19.6 Å². The van der Waals surface area contributed by atoms with Crippen LogP contribution in [0.2, 0.25) is 0 Å². The van der Waals surface area contributed by atoms with Crippen LogP contribution in [0.15, 0.2) is 54.6 Å². The van der Waals surface area contributed by atoms with E-state index >= 15 is 0 Å². The van der Waals surface area contributed by atoms with Crippen molar-refractivity contribution in [1.29, 1.82) is 0 Å². The Labute approximate surface area is 165 Å². The summed E-state index contributed by atoms with van der Waals surface area (Å²) < 4.78 is 5.45. The van der Waals surface area contributed by atoms with Gasteiger partial charge in [0, 0.05) is 24.2 Å². The van der Waals surface area contributed by atoms with Gasteiger partial charge in [-0.3, -0.25) is 14.4 Å². The van der Waals surface area contributed by atoms with Gasteiger partial charge in [-0.2, -0.15) is 0 Å². The third kappa shape index (κ3) is 5.67. The molecule has 0 heterocycles. The zero-order chi connectivity index (χ0) is 20.5. The molecule has 2 rings (SSSR count). The minimum Gasteiger partial charge on any atom is -0.446 e. The number of hydrogen-bond acceptors (Lipinski definition) is 4. The van der Waals surface area contributed by atoms with E-state index in [2.05, 4.69) is 5.32 Å². The van der Waals surface area contributed by atoms with E-state index in [0.717, 1.165) is 5.56 Å². The summed E-state index contributed by atoms with van der Waals surface area (Å²) in [7, 11) is 0. The minimum absolute atomic E-state index is 0.283. The largest absolute Gasteiger partial charge is 0.446 e. The lowest BCUT2D eigenvalue weighted by Gasteiger charge is -2.25. The lowest BCUT2D eigenvalue weighted by Crippen LogP contribution is -2.38. The third-order valence-electron chi connectivity index (χ3n) is 4.32. The predicted molar refractivity (Wildman–Crippen MR) is 107 cm³/mol. The highest BCUT2D eigenvalue weighted by atomic mass is 16.5. The first-order chi connectivity index (χ1) is 13.5. The molecule has 2 amide bonds. The van der Waals surface area contributed by atoms with Gasteiger partial charge in [0.25, 0.3) is 11.8 Å². The van der Waals surface area contributed by atoms with Crippen molar-refractivity contribution in [2.45, 2.75) is 26.9 Å². The first-order valence-corrected chi connectivity index (χ1v) is 9.34. The second-order valence-corrected chi connectivity index (χ2v) is 6.34. The van der Waals surface area contributed by atoms with Gasteiger partial charge >= 0.3 is 5.97 Å². The Balaban J connectivity index is 2.05. The molecule has 0 aliphatic rings. The number of amides is 2. The number of nitrogens with zero attached hydrogens (tertiary/aromatic N) is 1. The molecule has 0 aliphatic heterocycles. The van der Waals surface area contributed by atoms with Crippen molar-refractivity contribution in [3.63, 3.8) is 0 Å². The van der Waals surface area contributed by atoms with Crippen LogP contribution < -0.4 is 5.32 Å². The fraction of sp³-hybridized carbons (Fsp3) is 0.318. The second-order valence-electron chi connectivity index (χ2n) is 6.34. The summed E-state index contributed by atoms with van der Waals surface area (Å²) in [6, 6.07) is 15.9. The van der Waals surface area contributed by atoms with Crippen molar-refractivity contribution in [2.24, 2.45) is 0 Å². The first-order valence-electron chi connectivity index (χ1n) is 9.34. The Kier molecular flexibility index (Phi) is 7.75. The summed E-state index contributed by atoms with van der Waals surface area (Å²) in [5.74, 6) is -1.32. The molecule has 0 aromatic heterocycles. The Bertz CT molecular complexity index is 816. The monoisotopic (exact) mass is 382 g/mol. The van der Waals surface area contributed by atoms with Crippen LogP contribution in [0.25, 0.3) is 0 Å². The average Bonchev–Trinajstić information content (AvgIpc) is 2.71. The van der Waals surface area contributed by atoms with Crippen LogP contribution in [0.4, 0.5) is 0 Å². The van der Waals surface area contributed by atoms with Gasteiger partial charge in [-0.1, -0.05) is 48.0 Å². The molecule has 1 atom stereocenters. The van der Waals surface area contributed by atoms with Gasteiger partial charge in [-0.25, -0.2) is 0 Å². The van der Waals surface area contributed by atoms with E-state index in [0.29, 0.717) is 24.2 Å². The molecule has 2 aromatic rings. The van der Waals surface area contributed by atoms with E-state index < -0.39 is 12.1 Å². The molecule has 28 heavy (non-hydrogen) atoms. The Morgan fingerprint density at radius 1 is 1.00 bits per heavy atom. The second kappa shape index (κ2) is 10.3. The summed E-state index contributed by atoms with van der Waals surface area (Å²) in [5, 5.41) is 2.54. The molecular formula is C22H26N2O4. The maximum atomic E-state index is 12.8.